The van der Waals surface area contributed by atoms with Gasteiger partial charge in [-0.2, -0.15) is 4.98 Å². The Morgan fingerprint density at radius 1 is 1.17 bits per heavy atom. The highest BCUT2D eigenvalue weighted by molar-refractivity contribution is 7.89. The van der Waals surface area contributed by atoms with Crippen LogP contribution in [-0.4, -0.2) is 64.5 Å². The maximum atomic E-state index is 15.7. The molecule has 1 saturated heterocycles. The number of hydrogen-bond acceptors (Lipinski definition) is 8. The Morgan fingerprint density at radius 3 is 2.59 bits per heavy atom. The lowest BCUT2D eigenvalue weighted by atomic mass is 10.0. The van der Waals surface area contributed by atoms with Gasteiger partial charge in [-0.3, -0.25) is 9.36 Å². The number of aromatic nitrogens is 3. The lowest BCUT2D eigenvalue weighted by Crippen LogP contribution is -2.54. The second-order valence-electron chi connectivity index (χ2n) is 9.44. The maximum Gasteiger partial charge on any atom is 0.354 e. The summed E-state index contributed by atoms with van der Waals surface area (Å²) in [6, 6.07) is 7.93. The number of anilines is 1. The van der Waals surface area contributed by atoms with Gasteiger partial charge in [-0.25, -0.2) is 32.1 Å². The zero-order chi connectivity index (χ0) is 29.6. The number of halogens is 2. The molecule has 212 valence electrons. The highest BCUT2D eigenvalue weighted by Gasteiger charge is 2.30. The number of amides is 1. The van der Waals surface area contributed by atoms with Crippen molar-refractivity contribution in [1.29, 1.82) is 0 Å². The molecule has 11 nitrogen and oxygen atoms in total. The summed E-state index contributed by atoms with van der Waals surface area (Å²) in [4.78, 5) is 37.1. The van der Waals surface area contributed by atoms with Crippen LogP contribution in [0.3, 0.4) is 0 Å². The van der Waals surface area contributed by atoms with Crippen LogP contribution in [0.5, 0.6) is 5.75 Å². The smallest absolute Gasteiger partial charge is 0.354 e. The van der Waals surface area contributed by atoms with E-state index in [9.17, 15) is 27.5 Å². The summed E-state index contributed by atoms with van der Waals surface area (Å²) in [7, 11) is -4.44. The van der Waals surface area contributed by atoms with E-state index in [1.54, 1.807) is 16.7 Å². The van der Waals surface area contributed by atoms with Gasteiger partial charge in [-0.05, 0) is 49.4 Å². The first-order valence-corrected chi connectivity index (χ1v) is 13.9. The van der Waals surface area contributed by atoms with Gasteiger partial charge in [0.05, 0.1) is 16.8 Å². The summed E-state index contributed by atoms with van der Waals surface area (Å²) in [5, 5.41) is 15.2. The fraction of sp³-hybridized carbons (Fsp3) is 0.185. The van der Waals surface area contributed by atoms with Gasteiger partial charge >= 0.3 is 5.69 Å². The zero-order valence-electron chi connectivity index (χ0n) is 21.7. The Kier molecular flexibility index (Phi) is 7.05. The molecule has 14 heteroatoms. The summed E-state index contributed by atoms with van der Waals surface area (Å²) in [5.74, 6) is -2.60. The number of primary sulfonamides is 1. The quantitative estimate of drug-likeness (QED) is 0.340. The number of phenolic OH excluding ortho intramolecular Hbond substituents is 1. The van der Waals surface area contributed by atoms with Crippen LogP contribution in [0.15, 0.2) is 71.1 Å². The molecule has 0 aliphatic carbocycles. The Hall–Kier alpha value is -4.69. The molecule has 4 aromatic rings. The average molecular weight is 583 g/mol. The van der Waals surface area contributed by atoms with Crippen molar-refractivity contribution in [2.75, 3.05) is 24.5 Å². The van der Waals surface area contributed by atoms with Crippen LogP contribution in [0.25, 0.3) is 27.7 Å². The van der Waals surface area contributed by atoms with Crippen molar-refractivity contribution in [2.24, 2.45) is 5.14 Å². The number of rotatable bonds is 5. The highest BCUT2D eigenvalue weighted by Crippen LogP contribution is 2.38. The molecule has 3 N–H and O–H groups in total. The second kappa shape index (κ2) is 10.4. The third-order valence-electron chi connectivity index (χ3n) is 6.87. The van der Waals surface area contributed by atoms with Gasteiger partial charge in [0, 0.05) is 42.8 Å². The molecule has 2 aromatic heterocycles. The molecule has 5 rings (SSSR count). The molecule has 0 unspecified atom stereocenters. The summed E-state index contributed by atoms with van der Waals surface area (Å²) >= 11 is 0. The van der Waals surface area contributed by atoms with Crippen LogP contribution in [-0.2, 0) is 14.8 Å². The van der Waals surface area contributed by atoms with Crippen molar-refractivity contribution in [1.82, 2.24) is 19.4 Å². The van der Waals surface area contributed by atoms with Crippen molar-refractivity contribution in [3.05, 3.63) is 83.4 Å². The number of carbonyl (C=O) groups excluding carboxylic acids is 1. The number of sulfonamides is 1. The van der Waals surface area contributed by atoms with Crippen LogP contribution in [0.2, 0.25) is 0 Å². The molecule has 0 bridgehead atoms. The Morgan fingerprint density at radius 2 is 1.93 bits per heavy atom. The predicted octanol–water partition coefficient (Wildman–Crippen LogP) is 2.30. The zero-order valence-corrected chi connectivity index (χ0v) is 22.5. The van der Waals surface area contributed by atoms with Gasteiger partial charge in [0.2, 0.25) is 5.91 Å². The number of fused-ring (bicyclic) bond motifs is 1. The molecule has 1 aliphatic rings. The van der Waals surface area contributed by atoms with Crippen molar-refractivity contribution < 1.29 is 27.1 Å². The largest absolute Gasteiger partial charge is 0.507 e. The first-order valence-electron chi connectivity index (χ1n) is 12.3. The summed E-state index contributed by atoms with van der Waals surface area (Å²) < 4.78 is 56.2. The lowest BCUT2D eigenvalue weighted by molar-refractivity contribution is -0.126. The van der Waals surface area contributed by atoms with E-state index < -0.39 is 43.7 Å². The van der Waals surface area contributed by atoms with E-state index in [4.69, 9.17) is 5.14 Å². The third-order valence-corrected chi connectivity index (χ3v) is 7.72. The van der Waals surface area contributed by atoms with E-state index >= 15 is 4.39 Å². The van der Waals surface area contributed by atoms with Crippen LogP contribution in [0, 0.1) is 11.6 Å². The number of aromatic hydroxyl groups is 1. The minimum absolute atomic E-state index is 0.0475. The van der Waals surface area contributed by atoms with Crippen LogP contribution in [0.4, 0.5) is 14.6 Å². The molecule has 0 saturated carbocycles. The summed E-state index contributed by atoms with van der Waals surface area (Å²) in [5.41, 5.74) is -2.08. The van der Waals surface area contributed by atoms with E-state index in [0.29, 0.717) is 0 Å². The summed E-state index contributed by atoms with van der Waals surface area (Å²) in [6.07, 6.45) is 2.37. The van der Waals surface area contributed by atoms with Crippen molar-refractivity contribution in [3.63, 3.8) is 0 Å². The first kappa shape index (κ1) is 27.9. The molecule has 1 atom stereocenters. The van der Waals surface area contributed by atoms with Gasteiger partial charge in [-0.1, -0.05) is 12.6 Å². The van der Waals surface area contributed by atoms with E-state index in [0.717, 1.165) is 22.8 Å². The van der Waals surface area contributed by atoms with Gasteiger partial charge in [-0.15, -0.1) is 0 Å². The predicted molar refractivity (Wildman–Crippen MR) is 147 cm³/mol. The van der Waals surface area contributed by atoms with E-state index in [2.05, 4.69) is 16.5 Å². The number of nitrogens with two attached hydrogens (primary N) is 1. The lowest BCUT2D eigenvalue weighted by Gasteiger charge is -2.40. The molecule has 1 amide bonds. The molecule has 2 aromatic carbocycles. The highest BCUT2D eigenvalue weighted by atomic mass is 32.2. The van der Waals surface area contributed by atoms with Gasteiger partial charge < -0.3 is 14.9 Å². The SMILES string of the molecule is C=CC(=O)N1CCN(c2nc(=O)n(-c3cccnc3S(N)(=O)=O)c3cc(-c4c(O)cccc4F)c(F)cc23)[C@@H](C)C1. The number of hydrogen-bond donors (Lipinski definition) is 2. The van der Waals surface area contributed by atoms with Crippen LogP contribution in [0.1, 0.15) is 6.92 Å². The van der Waals surface area contributed by atoms with Crippen molar-refractivity contribution in [3.8, 4) is 22.6 Å². The van der Waals surface area contributed by atoms with E-state index in [-0.39, 0.29) is 59.6 Å². The number of phenols is 1. The van der Waals surface area contributed by atoms with Crippen molar-refractivity contribution in [2.45, 2.75) is 18.0 Å². The fourth-order valence-corrected chi connectivity index (χ4v) is 5.68. The molecule has 1 fully saturated rings. The van der Waals surface area contributed by atoms with Gasteiger partial charge in [0.15, 0.2) is 5.03 Å². The fourth-order valence-electron chi connectivity index (χ4n) is 5.03. The number of carbonyl (C=O) groups is 1. The molecular formula is C27H24F2N6O5S. The topological polar surface area (TPSA) is 152 Å². The van der Waals surface area contributed by atoms with Crippen LogP contribution < -0.4 is 15.7 Å². The molecule has 41 heavy (non-hydrogen) atoms. The van der Waals surface area contributed by atoms with E-state index in [1.807, 2.05) is 0 Å². The molecule has 3 heterocycles. The number of piperazine rings is 1. The number of pyridine rings is 1. The molecule has 0 radical (unpaired) electrons. The molecular weight excluding hydrogens is 558 g/mol. The second-order valence-corrected chi connectivity index (χ2v) is 10.9. The minimum Gasteiger partial charge on any atom is -0.507 e. The number of nitrogens with zero attached hydrogens (tertiary/aromatic N) is 5. The Bertz CT molecular complexity index is 1880. The van der Waals surface area contributed by atoms with Crippen LogP contribution >= 0.6 is 0 Å². The molecule has 1 aliphatic heterocycles. The first-order chi connectivity index (χ1) is 19.4. The molecule has 0 spiro atoms. The third kappa shape index (κ3) is 4.91. The monoisotopic (exact) mass is 582 g/mol. The van der Waals surface area contributed by atoms with E-state index in [1.165, 1.54) is 36.5 Å². The van der Waals surface area contributed by atoms with Gasteiger partial charge in [0.1, 0.15) is 23.2 Å². The maximum absolute atomic E-state index is 15.7. The Balaban J connectivity index is 1.83. The van der Waals surface area contributed by atoms with Gasteiger partial charge in [0.25, 0.3) is 10.0 Å². The minimum atomic E-state index is -4.44. The average Bonchev–Trinajstić information content (AvgIpc) is 2.92. The summed E-state index contributed by atoms with van der Waals surface area (Å²) in [6.45, 7) is 6.07. The standard InChI is InChI=1S/C27H24F2N6O5S/c1-3-23(37)33-10-11-34(15(2)14-33)25-17-12-19(29)16(24-18(28)6-4-8-22(24)36)13-21(17)35(27(38)32-25)20-7-5-9-31-26(20)41(30,39)40/h3-9,12-13,15,36H,1,10-11,14H2,2H3,(H2,30,39,40)/t15-/m0/s1. The van der Waals surface area contributed by atoms with Crippen molar-refractivity contribution >= 4 is 32.7 Å². The Labute approximate surface area is 232 Å². The normalized spacial score (nSPS) is 15.8. The number of benzene rings is 2.